The van der Waals surface area contributed by atoms with Gasteiger partial charge in [0, 0.05) is 16.5 Å². The van der Waals surface area contributed by atoms with E-state index in [0.717, 1.165) is 9.99 Å². The largest absolute Gasteiger partial charge is 0.309 e. The zero-order chi connectivity index (χ0) is 12.0. The Morgan fingerprint density at radius 3 is 2.71 bits per heavy atom. The molecule has 0 atom stereocenters. The van der Waals surface area contributed by atoms with Gasteiger partial charge in [-0.15, -0.1) is 0 Å². The highest BCUT2D eigenvalue weighted by molar-refractivity contribution is 14.1. The SMILES string of the molecule is O=C1CCC2(CC2)CN1c1ccc(I)cc1F. The lowest BCUT2D eigenvalue weighted by Crippen LogP contribution is -2.41. The highest BCUT2D eigenvalue weighted by Gasteiger charge is 2.48. The molecule has 2 nitrogen and oxygen atoms in total. The lowest BCUT2D eigenvalue weighted by molar-refractivity contribution is -0.120. The Balaban J connectivity index is 1.93. The van der Waals surface area contributed by atoms with Gasteiger partial charge in [0.15, 0.2) is 0 Å². The molecule has 0 unspecified atom stereocenters. The van der Waals surface area contributed by atoms with Crippen LogP contribution >= 0.6 is 22.6 Å². The molecule has 0 radical (unpaired) electrons. The van der Waals surface area contributed by atoms with Crippen molar-refractivity contribution in [2.24, 2.45) is 5.41 Å². The summed E-state index contributed by atoms with van der Waals surface area (Å²) in [5.41, 5.74) is 0.755. The third-order valence-corrected chi connectivity index (χ3v) is 4.49. The number of carbonyl (C=O) groups is 1. The smallest absolute Gasteiger partial charge is 0.227 e. The van der Waals surface area contributed by atoms with Crippen LogP contribution in [-0.4, -0.2) is 12.5 Å². The summed E-state index contributed by atoms with van der Waals surface area (Å²) >= 11 is 2.07. The second kappa shape index (κ2) is 3.93. The summed E-state index contributed by atoms with van der Waals surface area (Å²) in [7, 11) is 0. The number of hydrogen-bond acceptors (Lipinski definition) is 1. The number of nitrogens with zero attached hydrogens (tertiary/aromatic N) is 1. The van der Waals surface area contributed by atoms with Crippen LogP contribution in [0.1, 0.15) is 25.7 Å². The van der Waals surface area contributed by atoms with E-state index in [1.165, 1.54) is 18.9 Å². The fraction of sp³-hybridized carbons (Fsp3) is 0.462. The average Bonchev–Trinajstić information content (AvgIpc) is 3.03. The topological polar surface area (TPSA) is 20.3 Å². The Morgan fingerprint density at radius 2 is 2.06 bits per heavy atom. The number of piperidine rings is 1. The molecule has 1 amide bonds. The zero-order valence-electron chi connectivity index (χ0n) is 9.38. The number of halogens is 2. The van der Waals surface area contributed by atoms with Crippen molar-refractivity contribution in [2.75, 3.05) is 11.4 Å². The molecule has 0 N–H and O–H groups in total. The van der Waals surface area contributed by atoms with E-state index in [-0.39, 0.29) is 11.7 Å². The second-order valence-corrected chi connectivity index (χ2v) is 6.32. The van der Waals surface area contributed by atoms with E-state index in [1.807, 2.05) is 6.07 Å². The van der Waals surface area contributed by atoms with E-state index < -0.39 is 0 Å². The van der Waals surface area contributed by atoms with Crippen molar-refractivity contribution in [3.05, 3.63) is 27.6 Å². The molecule has 1 saturated carbocycles. The summed E-state index contributed by atoms with van der Waals surface area (Å²) in [4.78, 5) is 13.5. The summed E-state index contributed by atoms with van der Waals surface area (Å²) in [6, 6.07) is 5.05. The van der Waals surface area contributed by atoms with Gasteiger partial charge in [-0.05, 0) is 65.5 Å². The Kier molecular flexibility index (Phi) is 2.65. The van der Waals surface area contributed by atoms with Gasteiger partial charge in [-0.25, -0.2) is 4.39 Å². The molecule has 4 heteroatoms. The molecule has 2 aliphatic rings. The van der Waals surface area contributed by atoms with Gasteiger partial charge in [0.2, 0.25) is 5.91 Å². The van der Waals surface area contributed by atoms with Gasteiger partial charge in [-0.2, -0.15) is 0 Å². The molecule has 1 saturated heterocycles. The van der Waals surface area contributed by atoms with Crippen LogP contribution in [0, 0.1) is 14.8 Å². The van der Waals surface area contributed by atoms with Crippen molar-refractivity contribution < 1.29 is 9.18 Å². The van der Waals surface area contributed by atoms with Crippen molar-refractivity contribution in [3.8, 4) is 0 Å². The van der Waals surface area contributed by atoms with E-state index in [1.54, 1.807) is 11.0 Å². The molecule has 1 aliphatic heterocycles. The summed E-state index contributed by atoms with van der Waals surface area (Å²) in [5.74, 6) is -0.231. The maximum Gasteiger partial charge on any atom is 0.227 e. The molecule has 3 rings (SSSR count). The first-order chi connectivity index (χ1) is 8.10. The first-order valence-electron chi connectivity index (χ1n) is 5.85. The van der Waals surface area contributed by atoms with E-state index >= 15 is 0 Å². The Hall–Kier alpha value is -0.650. The summed E-state index contributed by atoms with van der Waals surface area (Å²) < 4.78 is 14.7. The molecule has 1 heterocycles. The fourth-order valence-electron chi connectivity index (χ4n) is 2.51. The van der Waals surface area contributed by atoms with Crippen LogP contribution in [0.4, 0.5) is 10.1 Å². The summed E-state index contributed by atoms with van der Waals surface area (Å²) in [5, 5.41) is 0. The molecule has 1 aliphatic carbocycles. The van der Waals surface area contributed by atoms with Crippen LogP contribution < -0.4 is 4.90 Å². The normalized spacial score (nSPS) is 22.0. The van der Waals surface area contributed by atoms with Crippen LogP contribution in [0.15, 0.2) is 18.2 Å². The van der Waals surface area contributed by atoms with Crippen LogP contribution in [0.5, 0.6) is 0 Å². The predicted molar refractivity (Wildman–Crippen MR) is 72.4 cm³/mol. The summed E-state index contributed by atoms with van der Waals surface area (Å²) in [6.45, 7) is 0.698. The van der Waals surface area contributed by atoms with E-state index in [0.29, 0.717) is 24.1 Å². The number of benzene rings is 1. The Labute approximate surface area is 113 Å². The van der Waals surface area contributed by atoms with E-state index in [9.17, 15) is 9.18 Å². The van der Waals surface area contributed by atoms with Gasteiger partial charge < -0.3 is 4.90 Å². The van der Waals surface area contributed by atoms with Crippen LogP contribution in [0.3, 0.4) is 0 Å². The maximum absolute atomic E-state index is 13.9. The van der Waals surface area contributed by atoms with E-state index in [4.69, 9.17) is 0 Å². The highest BCUT2D eigenvalue weighted by atomic mass is 127. The van der Waals surface area contributed by atoms with Gasteiger partial charge in [-0.1, -0.05) is 0 Å². The second-order valence-electron chi connectivity index (χ2n) is 5.08. The quantitative estimate of drug-likeness (QED) is 0.715. The lowest BCUT2D eigenvalue weighted by Gasteiger charge is -2.33. The average molecular weight is 345 g/mol. The first-order valence-corrected chi connectivity index (χ1v) is 6.93. The third kappa shape index (κ3) is 2.07. The Bertz CT molecular complexity index is 484. The van der Waals surface area contributed by atoms with Crippen molar-refractivity contribution in [2.45, 2.75) is 25.7 Å². The zero-order valence-corrected chi connectivity index (χ0v) is 11.5. The molecule has 17 heavy (non-hydrogen) atoms. The first kappa shape index (κ1) is 11.4. The number of carbonyl (C=O) groups excluding carboxylic acids is 1. The number of rotatable bonds is 1. The minimum Gasteiger partial charge on any atom is -0.309 e. The standard InChI is InChI=1S/C13H13FINO/c14-10-7-9(15)1-2-11(10)16-8-13(5-6-13)4-3-12(16)17/h1-2,7H,3-6,8H2. The molecule has 2 fully saturated rings. The predicted octanol–water partition coefficient (Wildman–Crippen LogP) is 3.34. The minimum atomic E-state index is -0.289. The number of amides is 1. The lowest BCUT2D eigenvalue weighted by atomic mass is 9.94. The molecular formula is C13H13FINO. The molecular weight excluding hydrogens is 332 g/mol. The van der Waals surface area contributed by atoms with Crippen molar-refractivity contribution >= 4 is 34.2 Å². The third-order valence-electron chi connectivity index (χ3n) is 3.82. The highest BCUT2D eigenvalue weighted by Crippen LogP contribution is 2.52. The van der Waals surface area contributed by atoms with Crippen LogP contribution in [-0.2, 0) is 4.79 Å². The molecule has 90 valence electrons. The van der Waals surface area contributed by atoms with Crippen molar-refractivity contribution in [3.63, 3.8) is 0 Å². The molecule has 0 bridgehead atoms. The van der Waals surface area contributed by atoms with Crippen molar-refractivity contribution in [1.29, 1.82) is 0 Å². The summed E-state index contributed by atoms with van der Waals surface area (Å²) in [6.07, 6.45) is 3.91. The van der Waals surface area contributed by atoms with Gasteiger partial charge >= 0.3 is 0 Å². The van der Waals surface area contributed by atoms with E-state index in [2.05, 4.69) is 22.6 Å². The minimum absolute atomic E-state index is 0.0580. The van der Waals surface area contributed by atoms with Gasteiger partial charge in [-0.3, -0.25) is 4.79 Å². The molecule has 1 spiro atoms. The van der Waals surface area contributed by atoms with Gasteiger partial charge in [0.25, 0.3) is 0 Å². The Morgan fingerprint density at radius 1 is 1.29 bits per heavy atom. The van der Waals surface area contributed by atoms with Crippen LogP contribution in [0.2, 0.25) is 0 Å². The maximum atomic E-state index is 13.9. The van der Waals surface area contributed by atoms with Crippen molar-refractivity contribution in [1.82, 2.24) is 0 Å². The molecule has 1 aromatic carbocycles. The molecule has 0 aromatic heterocycles. The fourth-order valence-corrected chi connectivity index (χ4v) is 2.97. The molecule has 1 aromatic rings. The van der Waals surface area contributed by atoms with Crippen LogP contribution in [0.25, 0.3) is 0 Å². The van der Waals surface area contributed by atoms with Gasteiger partial charge in [0.1, 0.15) is 5.82 Å². The monoisotopic (exact) mass is 345 g/mol. The van der Waals surface area contributed by atoms with Gasteiger partial charge in [0.05, 0.1) is 5.69 Å². The number of hydrogen-bond donors (Lipinski definition) is 0. The number of anilines is 1.